The lowest BCUT2D eigenvalue weighted by Crippen LogP contribution is -2.35. The van der Waals surface area contributed by atoms with E-state index in [0.717, 1.165) is 6.54 Å². The van der Waals surface area contributed by atoms with Gasteiger partial charge < -0.3 is 9.64 Å². The summed E-state index contributed by atoms with van der Waals surface area (Å²) < 4.78 is 19.1. The summed E-state index contributed by atoms with van der Waals surface area (Å²) in [6.45, 7) is 3.40. The Morgan fingerprint density at radius 1 is 1.50 bits per heavy atom. The maximum absolute atomic E-state index is 13.4. The van der Waals surface area contributed by atoms with Crippen LogP contribution in [0.5, 0.6) is 0 Å². The molecule has 112 valence electrons. The summed E-state index contributed by atoms with van der Waals surface area (Å²) in [4.78, 5) is 14.0. The SMILES string of the molecule is CCOC(=O)C(NCCN(C)C)c1cc(F)ccc1Br. The predicted molar refractivity (Wildman–Crippen MR) is 80.0 cm³/mol. The third-order valence-electron chi connectivity index (χ3n) is 2.70. The topological polar surface area (TPSA) is 41.6 Å². The molecule has 6 heteroatoms. The standard InChI is InChI=1S/C14H20BrFN2O2/c1-4-20-14(19)13(17-7-8-18(2)3)11-9-10(16)5-6-12(11)15/h5-6,9,13,17H,4,7-8H2,1-3H3. The molecule has 0 spiro atoms. The number of nitrogens with one attached hydrogen (secondary N) is 1. The number of likely N-dealkylation sites (N-methyl/N-ethyl adjacent to an activating group) is 1. The molecule has 1 unspecified atom stereocenters. The number of nitrogens with zero attached hydrogens (tertiary/aromatic N) is 1. The smallest absolute Gasteiger partial charge is 0.327 e. The first-order chi connectivity index (χ1) is 9.45. The predicted octanol–water partition coefficient (Wildman–Crippen LogP) is 2.34. The van der Waals surface area contributed by atoms with E-state index in [-0.39, 0.29) is 12.4 Å². The second kappa shape index (κ2) is 8.34. The molecule has 0 aliphatic heterocycles. The number of esters is 1. The molecule has 0 amide bonds. The van der Waals surface area contributed by atoms with Gasteiger partial charge in [-0.1, -0.05) is 15.9 Å². The molecule has 0 saturated heterocycles. The average molecular weight is 347 g/mol. The zero-order chi connectivity index (χ0) is 15.1. The van der Waals surface area contributed by atoms with Gasteiger partial charge in [0.15, 0.2) is 0 Å². The lowest BCUT2D eigenvalue weighted by atomic mass is 10.1. The van der Waals surface area contributed by atoms with Crippen LogP contribution in [0.3, 0.4) is 0 Å². The van der Waals surface area contributed by atoms with Crippen molar-refractivity contribution in [2.75, 3.05) is 33.8 Å². The molecule has 20 heavy (non-hydrogen) atoms. The third kappa shape index (κ3) is 5.19. The van der Waals surface area contributed by atoms with Crippen molar-refractivity contribution in [1.29, 1.82) is 0 Å². The Balaban J connectivity index is 2.91. The number of hydrogen-bond donors (Lipinski definition) is 1. The highest BCUT2D eigenvalue weighted by molar-refractivity contribution is 9.10. The van der Waals surface area contributed by atoms with E-state index in [1.54, 1.807) is 13.0 Å². The number of carbonyl (C=O) groups excluding carboxylic acids is 1. The summed E-state index contributed by atoms with van der Waals surface area (Å²) in [5.74, 6) is -0.788. The Labute approximate surface area is 127 Å². The van der Waals surface area contributed by atoms with Crippen molar-refractivity contribution in [3.05, 3.63) is 34.1 Å². The zero-order valence-corrected chi connectivity index (χ0v) is 13.5. The Morgan fingerprint density at radius 2 is 2.20 bits per heavy atom. The first-order valence-electron chi connectivity index (χ1n) is 6.45. The Hall–Kier alpha value is -0.980. The zero-order valence-electron chi connectivity index (χ0n) is 12.0. The van der Waals surface area contributed by atoms with Crippen LogP contribution < -0.4 is 5.32 Å². The van der Waals surface area contributed by atoms with E-state index in [9.17, 15) is 9.18 Å². The van der Waals surface area contributed by atoms with Crippen LogP contribution in [0.25, 0.3) is 0 Å². The van der Waals surface area contributed by atoms with Gasteiger partial charge in [0, 0.05) is 17.6 Å². The Bertz CT molecular complexity index is 455. The molecule has 0 aliphatic rings. The number of halogens is 2. The van der Waals surface area contributed by atoms with Crippen LogP contribution in [0.15, 0.2) is 22.7 Å². The van der Waals surface area contributed by atoms with Crippen LogP contribution in [-0.4, -0.2) is 44.7 Å². The lowest BCUT2D eigenvalue weighted by molar-refractivity contribution is -0.145. The van der Waals surface area contributed by atoms with Crippen molar-refractivity contribution in [2.24, 2.45) is 0 Å². The monoisotopic (exact) mass is 346 g/mol. The van der Waals surface area contributed by atoms with E-state index in [4.69, 9.17) is 4.74 Å². The number of rotatable bonds is 7. The van der Waals surface area contributed by atoms with Gasteiger partial charge in [0.2, 0.25) is 0 Å². The highest BCUT2D eigenvalue weighted by atomic mass is 79.9. The summed E-state index contributed by atoms with van der Waals surface area (Å²) in [6, 6.07) is 3.59. The van der Waals surface area contributed by atoms with Crippen LogP contribution >= 0.6 is 15.9 Å². The van der Waals surface area contributed by atoms with Crippen LogP contribution in [0.1, 0.15) is 18.5 Å². The number of ether oxygens (including phenoxy) is 1. The van der Waals surface area contributed by atoms with Gasteiger partial charge in [0.1, 0.15) is 11.9 Å². The minimum absolute atomic E-state index is 0.289. The van der Waals surface area contributed by atoms with Gasteiger partial charge in [0.25, 0.3) is 0 Å². The molecule has 0 radical (unpaired) electrons. The van der Waals surface area contributed by atoms with Crippen molar-refractivity contribution in [3.63, 3.8) is 0 Å². The normalized spacial score (nSPS) is 12.5. The molecular weight excluding hydrogens is 327 g/mol. The molecule has 1 aromatic carbocycles. The fourth-order valence-corrected chi connectivity index (χ4v) is 2.19. The summed E-state index contributed by atoms with van der Waals surface area (Å²) in [7, 11) is 3.89. The van der Waals surface area contributed by atoms with Crippen molar-refractivity contribution in [2.45, 2.75) is 13.0 Å². The maximum atomic E-state index is 13.4. The largest absolute Gasteiger partial charge is 0.465 e. The first-order valence-corrected chi connectivity index (χ1v) is 7.24. The number of hydrogen-bond acceptors (Lipinski definition) is 4. The van der Waals surface area contributed by atoms with E-state index in [2.05, 4.69) is 21.2 Å². The third-order valence-corrected chi connectivity index (χ3v) is 3.42. The molecule has 0 fully saturated rings. The van der Waals surface area contributed by atoms with Gasteiger partial charge in [-0.2, -0.15) is 0 Å². The van der Waals surface area contributed by atoms with Crippen molar-refractivity contribution in [1.82, 2.24) is 10.2 Å². The summed E-state index contributed by atoms with van der Waals surface area (Å²) >= 11 is 3.35. The van der Waals surface area contributed by atoms with E-state index in [1.807, 2.05) is 19.0 Å². The van der Waals surface area contributed by atoms with Crippen LogP contribution in [0.4, 0.5) is 4.39 Å². The van der Waals surface area contributed by atoms with Crippen LogP contribution in [0, 0.1) is 5.82 Å². The molecule has 0 saturated carbocycles. The van der Waals surface area contributed by atoms with Crippen LogP contribution in [0.2, 0.25) is 0 Å². The van der Waals surface area contributed by atoms with Gasteiger partial charge in [-0.25, -0.2) is 9.18 Å². The molecule has 0 aliphatic carbocycles. The summed E-state index contributed by atoms with van der Waals surface area (Å²) in [5, 5.41) is 3.11. The van der Waals surface area contributed by atoms with Crippen molar-refractivity contribution < 1.29 is 13.9 Å². The Morgan fingerprint density at radius 3 is 2.80 bits per heavy atom. The molecule has 0 aromatic heterocycles. The van der Waals surface area contributed by atoms with E-state index in [1.165, 1.54) is 12.1 Å². The molecule has 1 aromatic rings. The molecule has 4 nitrogen and oxygen atoms in total. The number of carbonyl (C=O) groups is 1. The molecular formula is C14H20BrFN2O2. The average Bonchev–Trinajstić information content (AvgIpc) is 2.38. The second-order valence-corrected chi connectivity index (χ2v) is 5.46. The van der Waals surface area contributed by atoms with Crippen LogP contribution in [-0.2, 0) is 9.53 Å². The van der Waals surface area contributed by atoms with E-state index in [0.29, 0.717) is 16.6 Å². The quantitative estimate of drug-likeness (QED) is 0.769. The minimum atomic E-state index is -0.681. The summed E-state index contributed by atoms with van der Waals surface area (Å²) in [6.07, 6.45) is 0. The van der Waals surface area contributed by atoms with E-state index < -0.39 is 12.0 Å². The van der Waals surface area contributed by atoms with Gasteiger partial charge in [0.05, 0.1) is 6.61 Å². The van der Waals surface area contributed by atoms with Gasteiger partial charge in [-0.15, -0.1) is 0 Å². The second-order valence-electron chi connectivity index (χ2n) is 4.61. The lowest BCUT2D eigenvalue weighted by Gasteiger charge is -2.20. The fraction of sp³-hybridized carbons (Fsp3) is 0.500. The first kappa shape index (κ1) is 17.1. The van der Waals surface area contributed by atoms with Gasteiger partial charge in [-0.3, -0.25) is 5.32 Å². The highest BCUT2D eigenvalue weighted by Gasteiger charge is 2.24. The van der Waals surface area contributed by atoms with Gasteiger partial charge in [-0.05, 0) is 44.8 Å². The Kier molecular flexibility index (Phi) is 7.12. The summed E-state index contributed by atoms with van der Waals surface area (Å²) in [5.41, 5.74) is 0.544. The molecule has 1 rings (SSSR count). The van der Waals surface area contributed by atoms with Gasteiger partial charge >= 0.3 is 5.97 Å². The molecule has 0 bridgehead atoms. The number of benzene rings is 1. The molecule has 1 N–H and O–H groups in total. The van der Waals surface area contributed by atoms with Crippen molar-refractivity contribution >= 4 is 21.9 Å². The molecule has 1 atom stereocenters. The minimum Gasteiger partial charge on any atom is -0.465 e. The highest BCUT2D eigenvalue weighted by Crippen LogP contribution is 2.25. The van der Waals surface area contributed by atoms with Crippen molar-refractivity contribution in [3.8, 4) is 0 Å². The maximum Gasteiger partial charge on any atom is 0.327 e. The fourth-order valence-electron chi connectivity index (χ4n) is 1.71. The molecule has 0 heterocycles. The van der Waals surface area contributed by atoms with E-state index >= 15 is 0 Å².